The Bertz CT molecular complexity index is 1040. The Kier molecular flexibility index (Phi) is 5.97. The third kappa shape index (κ3) is 4.13. The third-order valence-corrected chi connectivity index (χ3v) is 4.65. The van der Waals surface area contributed by atoms with Crippen molar-refractivity contribution in [1.82, 2.24) is 15.1 Å². The Morgan fingerprint density at radius 2 is 1.76 bits per heavy atom. The molecule has 7 heteroatoms. The highest BCUT2D eigenvalue weighted by molar-refractivity contribution is 6.43. The molecule has 7 nitrogen and oxygen atoms in total. The lowest BCUT2D eigenvalue weighted by molar-refractivity contribution is -0.117. The second-order valence-corrected chi connectivity index (χ2v) is 6.48. The summed E-state index contributed by atoms with van der Waals surface area (Å²) in [4.78, 5) is 25.4. The minimum atomic E-state index is -0.700. The Balaban J connectivity index is 1.80. The predicted molar refractivity (Wildman–Crippen MR) is 109 cm³/mol. The zero-order valence-corrected chi connectivity index (χ0v) is 16.9. The molecule has 2 aromatic carbocycles. The van der Waals surface area contributed by atoms with Gasteiger partial charge in [0.2, 0.25) is 0 Å². The van der Waals surface area contributed by atoms with Crippen LogP contribution in [0.3, 0.4) is 0 Å². The van der Waals surface area contributed by atoms with Crippen molar-refractivity contribution in [1.29, 1.82) is 0 Å². The molecule has 0 atom stereocenters. The second-order valence-electron chi connectivity index (χ2n) is 6.48. The molecule has 150 valence electrons. The molecule has 1 heterocycles. The Morgan fingerprint density at radius 3 is 2.41 bits per heavy atom. The summed E-state index contributed by atoms with van der Waals surface area (Å²) in [5, 5.41) is 7.10. The quantitative estimate of drug-likeness (QED) is 0.493. The zero-order chi connectivity index (χ0) is 21.0. The molecule has 29 heavy (non-hydrogen) atoms. The van der Waals surface area contributed by atoms with E-state index in [0.717, 1.165) is 5.69 Å². The van der Waals surface area contributed by atoms with Gasteiger partial charge in [0.1, 0.15) is 11.5 Å². The second kappa shape index (κ2) is 8.60. The lowest BCUT2D eigenvalue weighted by Gasteiger charge is -2.11. The Hall–Kier alpha value is -3.61. The molecule has 0 bridgehead atoms. The van der Waals surface area contributed by atoms with Gasteiger partial charge in [0.05, 0.1) is 36.9 Å². The highest BCUT2D eigenvalue weighted by Gasteiger charge is 2.25. The fourth-order valence-electron chi connectivity index (χ4n) is 3.18. The van der Waals surface area contributed by atoms with E-state index in [-0.39, 0.29) is 6.54 Å². The third-order valence-electron chi connectivity index (χ3n) is 4.65. The van der Waals surface area contributed by atoms with Crippen LogP contribution < -0.4 is 14.8 Å². The van der Waals surface area contributed by atoms with Gasteiger partial charge in [-0.05, 0) is 44.2 Å². The monoisotopic (exact) mass is 393 g/mol. The van der Waals surface area contributed by atoms with Gasteiger partial charge in [-0.1, -0.05) is 18.2 Å². The van der Waals surface area contributed by atoms with Crippen LogP contribution in [-0.2, 0) is 11.3 Å². The molecule has 0 aliphatic carbocycles. The van der Waals surface area contributed by atoms with Crippen LogP contribution in [0.25, 0.3) is 5.69 Å². The van der Waals surface area contributed by atoms with Crippen LogP contribution in [-0.4, -0.2) is 35.7 Å². The maximum Gasteiger partial charge on any atom is 0.292 e. The number of aromatic nitrogens is 2. The van der Waals surface area contributed by atoms with E-state index in [2.05, 4.69) is 10.4 Å². The van der Waals surface area contributed by atoms with Gasteiger partial charge in [0.15, 0.2) is 0 Å². The minimum absolute atomic E-state index is 0.135. The Labute approximate surface area is 169 Å². The molecular formula is C22H23N3O4. The van der Waals surface area contributed by atoms with E-state index >= 15 is 0 Å². The molecule has 0 aliphatic rings. The number of nitrogens with zero attached hydrogens (tertiary/aromatic N) is 2. The van der Waals surface area contributed by atoms with E-state index in [1.807, 2.05) is 30.3 Å². The molecular weight excluding hydrogens is 370 g/mol. The molecule has 0 saturated carbocycles. The number of benzene rings is 2. The summed E-state index contributed by atoms with van der Waals surface area (Å²) in [5.74, 6) is -0.0854. The van der Waals surface area contributed by atoms with Gasteiger partial charge in [0, 0.05) is 12.1 Å². The topological polar surface area (TPSA) is 82.4 Å². The van der Waals surface area contributed by atoms with Crippen LogP contribution in [0.5, 0.6) is 11.5 Å². The van der Waals surface area contributed by atoms with E-state index in [4.69, 9.17) is 9.47 Å². The van der Waals surface area contributed by atoms with Crippen LogP contribution in [0.15, 0.2) is 48.5 Å². The van der Waals surface area contributed by atoms with Crippen molar-refractivity contribution in [2.75, 3.05) is 14.2 Å². The van der Waals surface area contributed by atoms with Crippen molar-refractivity contribution in [3.63, 3.8) is 0 Å². The summed E-state index contributed by atoms with van der Waals surface area (Å²) < 4.78 is 12.2. The zero-order valence-electron chi connectivity index (χ0n) is 16.9. The number of Topliss-reactive ketones (excluding diaryl/α,β-unsaturated/α-hetero) is 1. The molecule has 0 unspecified atom stereocenters. The lowest BCUT2D eigenvalue weighted by Crippen LogP contribution is -2.31. The molecule has 1 amide bonds. The molecule has 0 radical (unpaired) electrons. The van der Waals surface area contributed by atoms with Crippen LogP contribution in [0.4, 0.5) is 0 Å². The molecule has 3 aromatic rings. The lowest BCUT2D eigenvalue weighted by atomic mass is 10.1. The number of nitrogens with one attached hydrogen (secondary N) is 1. The fraction of sp³-hybridized carbons (Fsp3) is 0.227. The molecule has 0 fully saturated rings. The summed E-state index contributed by atoms with van der Waals surface area (Å²) in [6.07, 6.45) is 0. The molecule has 0 saturated heterocycles. The first-order valence-corrected chi connectivity index (χ1v) is 9.11. The van der Waals surface area contributed by atoms with E-state index in [9.17, 15) is 9.59 Å². The minimum Gasteiger partial charge on any atom is -0.497 e. The number of amides is 1. The molecule has 1 aromatic heterocycles. The maximum atomic E-state index is 12.8. The van der Waals surface area contributed by atoms with Crippen molar-refractivity contribution in [3.8, 4) is 17.2 Å². The summed E-state index contributed by atoms with van der Waals surface area (Å²) >= 11 is 0. The Morgan fingerprint density at radius 1 is 1.03 bits per heavy atom. The van der Waals surface area contributed by atoms with Crippen LogP contribution in [0.2, 0.25) is 0 Å². The number of aryl methyl sites for hydroxylation is 1. The summed E-state index contributed by atoms with van der Waals surface area (Å²) in [6, 6.07) is 14.7. The molecule has 1 N–H and O–H groups in total. The van der Waals surface area contributed by atoms with Gasteiger partial charge >= 0.3 is 0 Å². The van der Waals surface area contributed by atoms with Gasteiger partial charge in [-0.15, -0.1) is 0 Å². The van der Waals surface area contributed by atoms with Crippen molar-refractivity contribution < 1.29 is 19.1 Å². The van der Waals surface area contributed by atoms with Crippen molar-refractivity contribution in [3.05, 3.63) is 71.0 Å². The number of ether oxygens (including phenoxy) is 2. The van der Waals surface area contributed by atoms with E-state index in [0.29, 0.717) is 34.0 Å². The number of methoxy groups -OCH3 is 2. The summed E-state index contributed by atoms with van der Waals surface area (Å²) in [6.45, 7) is 3.63. The fourth-order valence-corrected chi connectivity index (χ4v) is 3.18. The highest BCUT2D eigenvalue weighted by atomic mass is 16.5. The summed E-state index contributed by atoms with van der Waals surface area (Å²) in [5.41, 5.74) is 2.97. The number of rotatable bonds is 7. The number of ketones is 1. The number of carbonyl (C=O) groups is 2. The predicted octanol–water partition coefficient (Wildman–Crippen LogP) is 3.01. The van der Waals surface area contributed by atoms with Gasteiger partial charge in [-0.2, -0.15) is 5.10 Å². The average Bonchev–Trinajstić information content (AvgIpc) is 3.05. The van der Waals surface area contributed by atoms with E-state index in [1.54, 1.807) is 50.9 Å². The van der Waals surface area contributed by atoms with Crippen molar-refractivity contribution in [2.45, 2.75) is 20.4 Å². The molecule has 0 aliphatic heterocycles. The van der Waals surface area contributed by atoms with E-state index < -0.39 is 11.7 Å². The first kappa shape index (κ1) is 20.1. The first-order valence-electron chi connectivity index (χ1n) is 9.11. The molecule has 3 rings (SSSR count). The van der Waals surface area contributed by atoms with Crippen LogP contribution >= 0.6 is 0 Å². The van der Waals surface area contributed by atoms with Gasteiger partial charge < -0.3 is 14.8 Å². The molecule has 0 spiro atoms. The normalized spacial score (nSPS) is 10.5. The smallest absolute Gasteiger partial charge is 0.292 e. The standard InChI is InChI=1S/C22H23N3O4/c1-14-20(15(2)25(24-14)17-8-6-5-7-9-17)21(26)22(27)23-13-16-12-18(28-3)10-11-19(16)29-4/h5-12H,13H2,1-4H3,(H,23,27). The van der Waals surface area contributed by atoms with Crippen molar-refractivity contribution >= 4 is 11.7 Å². The first-order chi connectivity index (χ1) is 14.0. The van der Waals surface area contributed by atoms with Crippen molar-refractivity contribution in [2.24, 2.45) is 0 Å². The number of carbonyl (C=O) groups excluding carboxylic acids is 2. The largest absolute Gasteiger partial charge is 0.497 e. The van der Waals surface area contributed by atoms with Crippen LogP contribution in [0, 0.1) is 13.8 Å². The number of para-hydroxylation sites is 1. The summed E-state index contributed by atoms with van der Waals surface area (Å²) in [7, 11) is 3.10. The average molecular weight is 393 g/mol. The maximum absolute atomic E-state index is 12.8. The SMILES string of the molecule is COc1ccc(OC)c(CNC(=O)C(=O)c2c(C)nn(-c3ccccc3)c2C)c1. The van der Waals surface area contributed by atoms with E-state index in [1.165, 1.54) is 0 Å². The number of hydrogen-bond acceptors (Lipinski definition) is 5. The van der Waals surface area contributed by atoms with Gasteiger partial charge in [0.25, 0.3) is 11.7 Å². The van der Waals surface area contributed by atoms with Gasteiger partial charge in [-0.3, -0.25) is 9.59 Å². The highest BCUT2D eigenvalue weighted by Crippen LogP contribution is 2.24. The van der Waals surface area contributed by atoms with Gasteiger partial charge in [-0.25, -0.2) is 4.68 Å². The van der Waals surface area contributed by atoms with Crippen LogP contribution in [0.1, 0.15) is 27.3 Å². The number of hydrogen-bond donors (Lipinski definition) is 1.